The molecule has 1 fully saturated rings. The van der Waals surface area contributed by atoms with E-state index in [2.05, 4.69) is 16.0 Å². The van der Waals surface area contributed by atoms with E-state index in [1.54, 1.807) is 13.8 Å². The molecular weight excluding hydrogens is 456 g/mol. The number of carbonyl (C=O) groups is 5. The summed E-state index contributed by atoms with van der Waals surface area (Å²) in [5.41, 5.74) is 0.0785. The summed E-state index contributed by atoms with van der Waals surface area (Å²) in [6, 6.07) is 3.61. The van der Waals surface area contributed by atoms with Gasteiger partial charge in [-0.2, -0.15) is 0 Å². The van der Waals surface area contributed by atoms with Crippen molar-refractivity contribution in [3.05, 3.63) is 41.6 Å². The van der Waals surface area contributed by atoms with Crippen LogP contribution in [0, 0.1) is 0 Å². The first-order chi connectivity index (χ1) is 15.6. The zero-order valence-electron chi connectivity index (χ0n) is 17.6. The highest BCUT2D eigenvalue weighted by Gasteiger charge is 2.53. The zero-order chi connectivity index (χ0) is 24.3. The van der Waals surface area contributed by atoms with Gasteiger partial charge in [0.05, 0.1) is 5.57 Å². The maximum Gasteiger partial charge on any atom is 0.336 e. The largest absolute Gasteiger partial charge is 0.508 e. The predicted molar refractivity (Wildman–Crippen MR) is 114 cm³/mol. The Bertz CT molecular complexity index is 996. The Morgan fingerprint density at radius 2 is 1.85 bits per heavy atom. The summed E-state index contributed by atoms with van der Waals surface area (Å²) in [6.45, 7) is 3.58. The van der Waals surface area contributed by atoms with Gasteiger partial charge in [-0.3, -0.25) is 14.4 Å². The Hall–Kier alpha value is -3.74. The Morgan fingerprint density at radius 3 is 2.42 bits per heavy atom. The van der Waals surface area contributed by atoms with E-state index in [-0.39, 0.29) is 29.4 Å². The van der Waals surface area contributed by atoms with E-state index in [0.717, 1.165) is 22.9 Å². The van der Waals surface area contributed by atoms with Gasteiger partial charge in [0.15, 0.2) is 0 Å². The first-order valence-electron chi connectivity index (χ1n) is 9.80. The molecule has 5 N–H and O–H groups in total. The molecule has 4 amide bonds. The summed E-state index contributed by atoms with van der Waals surface area (Å²) in [5.74, 6) is -2.68. The first-order valence-corrected chi connectivity index (χ1v) is 10.7. The smallest absolute Gasteiger partial charge is 0.336 e. The summed E-state index contributed by atoms with van der Waals surface area (Å²) < 4.78 is 4.87. The molecule has 0 saturated carbocycles. The van der Waals surface area contributed by atoms with Crippen LogP contribution in [0.3, 0.4) is 0 Å². The van der Waals surface area contributed by atoms with Crippen LogP contribution in [0.2, 0.25) is 0 Å². The number of phenols is 1. The number of nitrogens with one attached hydrogen (secondary N) is 3. The van der Waals surface area contributed by atoms with Gasteiger partial charge in [-0.1, -0.05) is 12.1 Å². The Kier molecular flexibility index (Phi) is 7.11. The number of urea groups is 1. The average molecular weight is 478 g/mol. The van der Waals surface area contributed by atoms with Crippen molar-refractivity contribution < 1.29 is 38.9 Å². The molecule has 1 aromatic rings. The van der Waals surface area contributed by atoms with Crippen LogP contribution in [0.1, 0.15) is 25.5 Å². The van der Waals surface area contributed by atoms with Crippen molar-refractivity contribution in [2.45, 2.75) is 42.8 Å². The molecule has 2 aliphatic heterocycles. The van der Waals surface area contributed by atoms with Crippen LogP contribution in [0.5, 0.6) is 5.75 Å². The summed E-state index contributed by atoms with van der Waals surface area (Å²) in [7, 11) is 0. The van der Waals surface area contributed by atoms with Crippen LogP contribution in [-0.4, -0.2) is 68.2 Å². The number of ether oxygens (including phenoxy) is 1. The van der Waals surface area contributed by atoms with E-state index in [0.29, 0.717) is 0 Å². The molecule has 3 unspecified atom stereocenters. The van der Waals surface area contributed by atoms with Gasteiger partial charge in [0, 0.05) is 17.8 Å². The van der Waals surface area contributed by atoms with Crippen molar-refractivity contribution in [1.82, 2.24) is 20.9 Å². The van der Waals surface area contributed by atoms with Crippen molar-refractivity contribution in [2.75, 3.05) is 0 Å². The lowest BCUT2D eigenvalue weighted by molar-refractivity contribution is -0.151. The van der Waals surface area contributed by atoms with Crippen molar-refractivity contribution in [1.29, 1.82) is 0 Å². The van der Waals surface area contributed by atoms with Crippen molar-refractivity contribution in [2.24, 2.45) is 0 Å². The van der Waals surface area contributed by atoms with Gasteiger partial charge in [-0.25, -0.2) is 9.59 Å². The Labute approximate surface area is 192 Å². The van der Waals surface area contributed by atoms with Gasteiger partial charge in [-0.05, 0) is 26.0 Å². The number of thioether (sulfide) groups is 1. The summed E-state index contributed by atoms with van der Waals surface area (Å²) in [6.07, 6.45) is -0.233. The number of β-lactam (4-membered cyclic amide) rings is 1. The van der Waals surface area contributed by atoms with E-state index in [1.807, 2.05) is 0 Å². The molecule has 2 heterocycles. The standard InChI is InChI=1S/C20H22N4O8S/c1-9(2)21-20(31)23-16-12(19(29)30)7-24-17(28)13(18(24)33-16)22-15(27)14(32-8-25)10-3-5-11(26)6-4-10/h3-9,13-14,16,18,26H,1-2H3,(H,22,27)(H,29,30)(H2,21,23,31)/t13?,14?,16?,18-/m1/s1. The Balaban J connectivity index is 1.75. The molecule has 4 atom stereocenters. The second-order valence-corrected chi connectivity index (χ2v) is 8.73. The maximum atomic E-state index is 12.8. The van der Waals surface area contributed by atoms with E-state index in [1.165, 1.54) is 24.3 Å². The fourth-order valence-corrected chi connectivity index (χ4v) is 4.66. The van der Waals surface area contributed by atoms with E-state index in [9.17, 15) is 34.2 Å². The van der Waals surface area contributed by atoms with Gasteiger partial charge in [-0.15, -0.1) is 11.8 Å². The first kappa shape index (κ1) is 23.9. The average Bonchev–Trinajstić information content (AvgIpc) is 2.75. The van der Waals surface area contributed by atoms with Gasteiger partial charge in [0.25, 0.3) is 18.3 Å². The third kappa shape index (κ3) is 5.19. The van der Waals surface area contributed by atoms with Crippen molar-refractivity contribution >= 4 is 42.0 Å². The molecule has 3 rings (SSSR count). The molecule has 13 heteroatoms. The number of hydrogen-bond acceptors (Lipinski definition) is 8. The predicted octanol–water partition coefficient (Wildman–Crippen LogP) is 0.00840. The normalized spacial score (nSPS) is 22.3. The molecule has 1 saturated heterocycles. The molecule has 2 aliphatic rings. The van der Waals surface area contributed by atoms with E-state index < -0.39 is 46.7 Å². The maximum absolute atomic E-state index is 12.8. The number of benzene rings is 1. The molecule has 0 bridgehead atoms. The van der Waals surface area contributed by atoms with Crippen molar-refractivity contribution in [3.8, 4) is 5.75 Å². The number of carboxylic acids is 1. The molecule has 0 aliphatic carbocycles. The molecule has 1 aromatic carbocycles. The number of rotatable bonds is 8. The highest BCUT2D eigenvalue weighted by molar-refractivity contribution is 8.00. The third-order valence-electron chi connectivity index (χ3n) is 4.77. The molecule has 0 aromatic heterocycles. The lowest BCUT2D eigenvalue weighted by Gasteiger charge is -2.49. The lowest BCUT2D eigenvalue weighted by atomic mass is 10.0. The number of amides is 4. The highest BCUT2D eigenvalue weighted by Crippen LogP contribution is 2.40. The van der Waals surface area contributed by atoms with Crippen molar-refractivity contribution in [3.63, 3.8) is 0 Å². The van der Waals surface area contributed by atoms with E-state index in [4.69, 9.17) is 4.74 Å². The summed E-state index contributed by atoms with van der Waals surface area (Å²) in [5, 5.41) is 24.9. The number of aliphatic carboxylic acids is 1. The van der Waals surface area contributed by atoms with Gasteiger partial charge < -0.3 is 35.8 Å². The summed E-state index contributed by atoms with van der Waals surface area (Å²) >= 11 is 0.976. The fourth-order valence-electron chi connectivity index (χ4n) is 3.26. The quantitative estimate of drug-likeness (QED) is 0.255. The molecule has 33 heavy (non-hydrogen) atoms. The topological polar surface area (TPSA) is 174 Å². The van der Waals surface area contributed by atoms with Crippen LogP contribution in [-0.2, 0) is 23.9 Å². The Morgan fingerprint density at radius 1 is 1.18 bits per heavy atom. The lowest BCUT2D eigenvalue weighted by Crippen LogP contribution is -2.70. The third-order valence-corrected chi connectivity index (χ3v) is 6.19. The van der Waals surface area contributed by atoms with E-state index >= 15 is 0 Å². The molecule has 0 spiro atoms. The minimum atomic E-state index is -1.37. The second kappa shape index (κ2) is 9.81. The van der Waals surface area contributed by atoms with Crippen LogP contribution < -0.4 is 16.0 Å². The fraction of sp³-hybridized carbons (Fsp3) is 0.350. The van der Waals surface area contributed by atoms with Gasteiger partial charge in [0.2, 0.25) is 6.10 Å². The van der Waals surface area contributed by atoms with Crippen LogP contribution in [0.25, 0.3) is 0 Å². The molecule has 0 radical (unpaired) electrons. The summed E-state index contributed by atoms with van der Waals surface area (Å²) in [4.78, 5) is 61.1. The molecular formula is C20H22N4O8S. The van der Waals surface area contributed by atoms with Crippen LogP contribution >= 0.6 is 11.8 Å². The number of aromatic hydroxyl groups is 1. The minimum absolute atomic E-state index is 0.0477. The van der Waals surface area contributed by atoms with Gasteiger partial charge >= 0.3 is 12.0 Å². The number of phenolic OH excluding ortho intramolecular Hbond substituents is 1. The van der Waals surface area contributed by atoms with Crippen LogP contribution in [0.4, 0.5) is 4.79 Å². The number of fused-ring (bicyclic) bond motifs is 1. The van der Waals surface area contributed by atoms with Crippen LogP contribution in [0.15, 0.2) is 36.0 Å². The number of hydrogen-bond donors (Lipinski definition) is 5. The number of nitrogens with zero attached hydrogens (tertiary/aromatic N) is 1. The minimum Gasteiger partial charge on any atom is -0.508 e. The second-order valence-electron chi connectivity index (χ2n) is 7.50. The molecule has 176 valence electrons. The number of carbonyl (C=O) groups excluding carboxylic acids is 4. The highest BCUT2D eigenvalue weighted by atomic mass is 32.2. The monoisotopic (exact) mass is 478 g/mol. The van der Waals surface area contributed by atoms with Gasteiger partial charge in [0.1, 0.15) is 22.5 Å². The number of carboxylic acid groups (broad SMARTS) is 1. The molecule has 12 nitrogen and oxygen atoms in total. The SMILES string of the molecule is CC(C)NC(=O)NC1S[C@@H]2C(NC(=O)C(OC=O)c3ccc(O)cc3)C(=O)N2C=C1C(=O)O. The zero-order valence-corrected chi connectivity index (χ0v) is 18.4.